The third-order valence-electron chi connectivity index (χ3n) is 3.57. The summed E-state index contributed by atoms with van der Waals surface area (Å²) in [5, 5.41) is 13.9. The van der Waals surface area contributed by atoms with Crippen LogP contribution in [0, 0.1) is 6.92 Å². The topological polar surface area (TPSA) is 20.2 Å². The van der Waals surface area contributed by atoms with Crippen molar-refractivity contribution in [3.63, 3.8) is 0 Å². The number of aliphatic hydroxyl groups excluding tert-OH is 1. The van der Waals surface area contributed by atoms with Crippen LogP contribution in [0.25, 0.3) is 10.1 Å². The van der Waals surface area contributed by atoms with Crippen LogP contribution in [0.2, 0.25) is 0 Å². The normalized spacial score (nSPS) is 12.8. The summed E-state index contributed by atoms with van der Waals surface area (Å²) in [6.45, 7) is 2.04. The van der Waals surface area contributed by atoms with Crippen molar-refractivity contribution in [1.82, 2.24) is 0 Å². The van der Waals surface area contributed by atoms with E-state index in [1.54, 1.807) is 11.3 Å². The first kappa shape index (κ1) is 13.8. The molecule has 2 aromatic carbocycles. The molecule has 3 rings (SSSR count). The fourth-order valence-corrected chi connectivity index (χ4v) is 3.83. The number of aliphatic hydroxyl groups is 1. The summed E-state index contributed by atoms with van der Waals surface area (Å²) in [4.78, 5) is 0. The van der Waals surface area contributed by atoms with Gasteiger partial charge in [-0.15, -0.1) is 11.3 Å². The van der Waals surface area contributed by atoms with Gasteiger partial charge in [0.2, 0.25) is 0 Å². The Kier molecular flexibility index (Phi) is 3.92. The number of fused-ring (bicyclic) bond motifs is 1. The second kappa shape index (κ2) is 5.68. The van der Waals surface area contributed by atoms with Gasteiger partial charge >= 0.3 is 0 Å². The van der Waals surface area contributed by atoms with E-state index in [2.05, 4.69) is 45.6 Å². The van der Waals surface area contributed by atoms with Crippen LogP contribution in [0.15, 0.2) is 52.3 Å². The molecule has 0 bridgehead atoms. The zero-order valence-electron chi connectivity index (χ0n) is 11.1. The molecule has 0 fully saturated rings. The van der Waals surface area contributed by atoms with E-state index in [-0.39, 0.29) is 0 Å². The number of rotatable bonds is 3. The van der Waals surface area contributed by atoms with E-state index in [1.165, 1.54) is 15.6 Å². The van der Waals surface area contributed by atoms with Crippen molar-refractivity contribution in [2.24, 2.45) is 0 Å². The lowest BCUT2D eigenvalue weighted by molar-refractivity contribution is 0.178. The summed E-state index contributed by atoms with van der Waals surface area (Å²) in [6.07, 6.45) is 0.187. The predicted molar refractivity (Wildman–Crippen MR) is 89.4 cm³/mol. The molecule has 1 atom stereocenters. The largest absolute Gasteiger partial charge is 0.388 e. The molecule has 102 valence electrons. The number of hydrogen-bond donors (Lipinski definition) is 1. The van der Waals surface area contributed by atoms with Gasteiger partial charge in [0, 0.05) is 15.6 Å². The van der Waals surface area contributed by atoms with Crippen LogP contribution in [0.5, 0.6) is 0 Å². The first-order valence-corrected chi connectivity index (χ1v) is 8.21. The summed E-state index contributed by atoms with van der Waals surface area (Å²) in [5.74, 6) is 0. The molecule has 0 saturated heterocycles. The molecule has 1 N–H and O–H groups in total. The Morgan fingerprint density at radius 1 is 1.20 bits per heavy atom. The van der Waals surface area contributed by atoms with Crippen molar-refractivity contribution in [3.05, 3.63) is 69.0 Å². The Labute approximate surface area is 131 Å². The van der Waals surface area contributed by atoms with Gasteiger partial charge in [-0.2, -0.15) is 0 Å². The Morgan fingerprint density at radius 3 is 2.85 bits per heavy atom. The van der Waals surface area contributed by atoms with E-state index in [4.69, 9.17) is 0 Å². The molecule has 0 aliphatic rings. The first-order valence-electron chi connectivity index (χ1n) is 6.54. The third kappa shape index (κ3) is 2.66. The SMILES string of the molecule is Cc1ccc(Br)cc1C(O)Cc1csc2ccccc12. The molecular weight excluding hydrogens is 332 g/mol. The molecule has 20 heavy (non-hydrogen) atoms. The van der Waals surface area contributed by atoms with E-state index in [1.807, 2.05) is 25.1 Å². The maximum absolute atomic E-state index is 10.5. The average Bonchev–Trinajstić information content (AvgIpc) is 2.85. The fourth-order valence-electron chi connectivity index (χ4n) is 2.48. The van der Waals surface area contributed by atoms with Crippen molar-refractivity contribution >= 4 is 37.4 Å². The van der Waals surface area contributed by atoms with Crippen LogP contribution < -0.4 is 0 Å². The van der Waals surface area contributed by atoms with Crippen molar-refractivity contribution in [2.45, 2.75) is 19.4 Å². The molecule has 3 aromatic rings. The number of aryl methyl sites for hydroxylation is 1. The lowest BCUT2D eigenvalue weighted by atomic mass is 9.97. The molecule has 1 aromatic heterocycles. The minimum atomic E-state index is -0.467. The van der Waals surface area contributed by atoms with Crippen molar-refractivity contribution in [1.29, 1.82) is 0 Å². The van der Waals surface area contributed by atoms with Crippen LogP contribution in [0.4, 0.5) is 0 Å². The third-order valence-corrected chi connectivity index (χ3v) is 5.08. The molecule has 1 heterocycles. The zero-order chi connectivity index (χ0) is 14.1. The Hall–Kier alpha value is -1.16. The summed E-state index contributed by atoms with van der Waals surface area (Å²) < 4.78 is 2.29. The molecule has 0 saturated carbocycles. The highest BCUT2D eigenvalue weighted by Crippen LogP contribution is 2.31. The molecule has 0 aliphatic carbocycles. The molecule has 0 radical (unpaired) electrons. The van der Waals surface area contributed by atoms with Crippen LogP contribution >= 0.6 is 27.3 Å². The van der Waals surface area contributed by atoms with Gasteiger partial charge in [0.05, 0.1) is 6.10 Å². The maximum Gasteiger partial charge on any atom is 0.0833 e. The minimum Gasteiger partial charge on any atom is -0.388 e. The van der Waals surface area contributed by atoms with Crippen LogP contribution in [-0.2, 0) is 6.42 Å². The first-order chi connectivity index (χ1) is 9.65. The monoisotopic (exact) mass is 346 g/mol. The highest BCUT2D eigenvalue weighted by atomic mass is 79.9. The number of thiophene rings is 1. The fraction of sp³-hybridized carbons (Fsp3) is 0.176. The molecule has 1 nitrogen and oxygen atoms in total. The van der Waals surface area contributed by atoms with E-state index < -0.39 is 6.10 Å². The average molecular weight is 347 g/mol. The maximum atomic E-state index is 10.5. The lowest BCUT2D eigenvalue weighted by Gasteiger charge is -2.14. The smallest absolute Gasteiger partial charge is 0.0833 e. The van der Waals surface area contributed by atoms with Crippen molar-refractivity contribution in [3.8, 4) is 0 Å². The minimum absolute atomic E-state index is 0.467. The number of halogens is 1. The van der Waals surface area contributed by atoms with Crippen LogP contribution in [-0.4, -0.2) is 5.11 Å². The van der Waals surface area contributed by atoms with Crippen LogP contribution in [0.3, 0.4) is 0 Å². The van der Waals surface area contributed by atoms with Gasteiger partial charge in [-0.3, -0.25) is 0 Å². The number of hydrogen-bond acceptors (Lipinski definition) is 2. The van der Waals surface area contributed by atoms with Gasteiger partial charge in [0.15, 0.2) is 0 Å². The van der Waals surface area contributed by atoms with Gasteiger partial charge in [-0.1, -0.05) is 40.2 Å². The van der Waals surface area contributed by atoms with E-state index in [0.717, 1.165) is 15.6 Å². The quantitative estimate of drug-likeness (QED) is 0.686. The summed E-state index contributed by atoms with van der Waals surface area (Å²) >= 11 is 5.21. The predicted octanol–water partition coefficient (Wildman–Crippen LogP) is 5.25. The zero-order valence-corrected chi connectivity index (χ0v) is 13.5. The highest BCUT2D eigenvalue weighted by Gasteiger charge is 2.14. The molecule has 1 unspecified atom stereocenters. The summed E-state index contributed by atoms with van der Waals surface area (Å²) in [6, 6.07) is 14.4. The molecule has 3 heteroatoms. The van der Waals surface area contributed by atoms with Gasteiger partial charge in [0.25, 0.3) is 0 Å². The lowest BCUT2D eigenvalue weighted by Crippen LogP contribution is -2.03. The van der Waals surface area contributed by atoms with Gasteiger partial charge in [-0.05, 0) is 52.6 Å². The Morgan fingerprint density at radius 2 is 2.00 bits per heavy atom. The summed E-state index contributed by atoms with van der Waals surface area (Å²) in [5.41, 5.74) is 3.34. The van der Waals surface area contributed by atoms with Gasteiger partial charge in [0.1, 0.15) is 0 Å². The van der Waals surface area contributed by atoms with Gasteiger partial charge in [-0.25, -0.2) is 0 Å². The highest BCUT2D eigenvalue weighted by molar-refractivity contribution is 9.10. The Bertz CT molecular complexity index is 748. The standard InChI is InChI=1S/C17H15BrOS/c1-11-6-7-13(18)9-15(11)16(19)8-12-10-20-17-5-3-2-4-14(12)17/h2-7,9-10,16,19H,8H2,1H3. The molecule has 0 aliphatic heterocycles. The van der Waals surface area contributed by atoms with E-state index in [9.17, 15) is 5.11 Å². The van der Waals surface area contributed by atoms with E-state index in [0.29, 0.717) is 6.42 Å². The van der Waals surface area contributed by atoms with Gasteiger partial charge < -0.3 is 5.11 Å². The van der Waals surface area contributed by atoms with Crippen molar-refractivity contribution < 1.29 is 5.11 Å². The summed E-state index contributed by atoms with van der Waals surface area (Å²) in [7, 11) is 0. The second-order valence-electron chi connectivity index (χ2n) is 4.98. The Balaban J connectivity index is 1.92. The molecule has 0 amide bonds. The van der Waals surface area contributed by atoms with Crippen LogP contribution in [0.1, 0.15) is 22.8 Å². The second-order valence-corrected chi connectivity index (χ2v) is 6.80. The molecular formula is C17H15BrOS. The number of benzene rings is 2. The molecule has 0 spiro atoms. The van der Waals surface area contributed by atoms with E-state index >= 15 is 0 Å². The van der Waals surface area contributed by atoms with Crippen molar-refractivity contribution in [2.75, 3.05) is 0 Å².